The van der Waals surface area contributed by atoms with Crippen molar-refractivity contribution in [2.75, 3.05) is 11.9 Å². The lowest BCUT2D eigenvalue weighted by atomic mass is 10.1. The van der Waals surface area contributed by atoms with Gasteiger partial charge in [-0.15, -0.1) is 0 Å². The lowest BCUT2D eigenvalue weighted by molar-refractivity contribution is -0.137. The largest absolute Gasteiger partial charge is 0.481 e. The lowest BCUT2D eigenvalue weighted by Crippen LogP contribution is -2.22. The van der Waals surface area contributed by atoms with Crippen molar-refractivity contribution < 1.29 is 31.5 Å². The Bertz CT molecular complexity index is 987. The minimum atomic E-state index is -4.62. The number of nitrogens with one attached hydrogen (secondary N) is 1. The van der Waals surface area contributed by atoms with Crippen LogP contribution in [0.1, 0.15) is 5.56 Å². The van der Waals surface area contributed by atoms with Crippen molar-refractivity contribution >= 4 is 11.6 Å². The third-order valence-electron chi connectivity index (χ3n) is 3.60. The Morgan fingerprint density at radius 2 is 1.93 bits per heavy atom. The fraction of sp³-hybridized carbons (Fsp3) is 0.111. The van der Waals surface area contributed by atoms with E-state index >= 15 is 0 Å². The number of hydrogen-bond donors (Lipinski definition) is 1. The first-order valence-corrected chi connectivity index (χ1v) is 7.83. The third kappa shape index (κ3) is 4.45. The van der Waals surface area contributed by atoms with Crippen LogP contribution >= 0.6 is 0 Å². The molecule has 0 atom stereocenters. The number of nitrogens with zero attached hydrogens (tertiary/aromatic N) is 2. The summed E-state index contributed by atoms with van der Waals surface area (Å²) in [6, 6.07) is 6.85. The minimum Gasteiger partial charge on any atom is -0.481 e. The maximum atomic E-state index is 13.5. The number of carbonyl (C=O) groups excluding carboxylic acids is 1. The molecule has 0 spiro atoms. The molecule has 0 bridgehead atoms. The average molecular weight is 397 g/mol. The van der Waals surface area contributed by atoms with Gasteiger partial charge in [-0.25, -0.2) is 13.5 Å². The summed E-state index contributed by atoms with van der Waals surface area (Å²) in [6.45, 7) is -0.697. The van der Waals surface area contributed by atoms with Gasteiger partial charge >= 0.3 is 6.18 Å². The van der Waals surface area contributed by atoms with Crippen LogP contribution in [0.15, 0.2) is 54.9 Å². The van der Waals surface area contributed by atoms with Crippen molar-refractivity contribution in [1.82, 2.24) is 9.78 Å². The van der Waals surface area contributed by atoms with Crippen molar-refractivity contribution in [3.63, 3.8) is 0 Å². The summed E-state index contributed by atoms with van der Waals surface area (Å²) in [6.07, 6.45) is -1.71. The first-order valence-electron chi connectivity index (χ1n) is 7.83. The van der Waals surface area contributed by atoms with Crippen LogP contribution in [0, 0.1) is 11.6 Å². The van der Waals surface area contributed by atoms with E-state index in [0.29, 0.717) is 6.07 Å². The van der Waals surface area contributed by atoms with Crippen molar-refractivity contribution in [3.8, 4) is 11.4 Å². The van der Waals surface area contributed by atoms with E-state index in [9.17, 15) is 26.7 Å². The Kier molecular flexibility index (Phi) is 5.30. The molecular formula is C18H12F5N3O2. The zero-order valence-electron chi connectivity index (χ0n) is 14.0. The van der Waals surface area contributed by atoms with Crippen LogP contribution in [0.25, 0.3) is 5.69 Å². The smallest absolute Gasteiger partial charge is 0.416 e. The van der Waals surface area contributed by atoms with Crippen LogP contribution in [-0.4, -0.2) is 22.3 Å². The van der Waals surface area contributed by atoms with E-state index in [1.54, 1.807) is 6.07 Å². The SMILES string of the molecule is O=C(COc1ccc(F)cc1F)Nc1cc(C(F)(F)F)ccc1-n1cccn1. The molecule has 5 nitrogen and oxygen atoms in total. The summed E-state index contributed by atoms with van der Waals surface area (Å²) in [5.74, 6) is -3.03. The lowest BCUT2D eigenvalue weighted by Gasteiger charge is -2.15. The van der Waals surface area contributed by atoms with E-state index in [4.69, 9.17) is 4.74 Å². The molecule has 0 aliphatic rings. The fourth-order valence-electron chi connectivity index (χ4n) is 2.35. The van der Waals surface area contributed by atoms with Gasteiger partial charge in [0.05, 0.1) is 16.9 Å². The summed E-state index contributed by atoms with van der Waals surface area (Å²) in [7, 11) is 0. The van der Waals surface area contributed by atoms with E-state index < -0.39 is 35.9 Å². The molecule has 0 aliphatic heterocycles. The summed E-state index contributed by atoms with van der Waals surface area (Å²) < 4.78 is 71.6. The van der Waals surface area contributed by atoms with Crippen LogP contribution in [0.4, 0.5) is 27.6 Å². The summed E-state index contributed by atoms with van der Waals surface area (Å²) in [5, 5.41) is 6.22. The quantitative estimate of drug-likeness (QED) is 0.657. The molecule has 3 aromatic rings. The van der Waals surface area contributed by atoms with E-state index in [2.05, 4.69) is 10.4 Å². The van der Waals surface area contributed by atoms with Crippen LogP contribution < -0.4 is 10.1 Å². The molecule has 3 rings (SSSR count). The van der Waals surface area contributed by atoms with Gasteiger partial charge in [0.1, 0.15) is 5.82 Å². The molecule has 10 heteroatoms. The highest BCUT2D eigenvalue weighted by Gasteiger charge is 2.31. The molecule has 0 saturated carbocycles. The fourth-order valence-corrected chi connectivity index (χ4v) is 2.35. The average Bonchev–Trinajstić information content (AvgIpc) is 3.14. The summed E-state index contributed by atoms with van der Waals surface area (Å²) >= 11 is 0. The highest BCUT2D eigenvalue weighted by Crippen LogP contribution is 2.33. The Morgan fingerprint density at radius 1 is 1.14 bits per heavy atom. The second-order valence-electron chi connectivity index (χ2n) is 5.59. The normalized spacial score (nSPS) is 11.3. The molecule has 0 aliphatic carbocycles. The number of anilines is 1. The van der Waals surface area contributed by atoms with Gasteiger partial charge in [0.25, 0.3) is 5.91 Å². The number of hydrogen-bond acceptors (Lipinski definition) is 3. The molecule has 0 unspecified atom stereocenters. The Hall–Kier alpha value is -3.43. The zero-order valence-corrected chi connectivity index (χ0v) is 14.0. The van der Waals surface area contributed by atoms with Crippen molar-refractivity contribution in [3.05, 3.63) is 72.1 Å². The number of rotatable bonds is 5. The standard InChI is InChI=1S/C18H12F5N3O2/c19-12-3-5-16(13(20)9-12)28-10-17(27)25-14-8-11(18(21,22)23)2-4-15(14)26-7-1-6-24-26/h1-9H,10H2,(H,25,27). The molecular weight excluding hydrogens is 385 g/mol. The molecule has 1 heterocycles. The maximum Gasteiger partial charge on any atom is 0.416 e. The maximum absolute atomic E-state index is 13.5. The monoisotopic (exact) mass is 397 g/mol. The number of carbonyl (C=O) groups is 1. The number of amides is 1. The van der Waals surface area contributed by atoms with Crippen LogP contribution in [0.2, 0.25) is 0 Å². The number of benzene rings is 2. The van der Waals surface area contributed by atoms with Crippen molar-refractivity contribution in [2.45, 2.75) is 6.18 Å². The number of halogens is 5. The second kappa shape index (κ2) is 7.67. The van der Waals surface area contributed by atoms with E-state index in [1.165, 1.54) is 17.1 Å². The molecule has 2 aromatic carbocycles. The Balaban J connectivity index is 1.80. The Labute approximate surface area is 155 Å². The topological polar surface area (TPSA) is 56.1 Å². The zero-order chi connectivity index (χ0) is 20.3. The van der Waals surface area contributed by atoms with Gasteiger partial charge in [0, 0.05) is 18.5 Å². The van der Waals surface area contributed by atoms with Crippen LogP contribution in [0.5, 0.6) is 5.75 Å². The molecule has 28 heavy (non-hydrogen) atoms. The third-order valence-corrected chi connectivity index (χ3v) is 3.60. The summed E-state index contributed by atoms with van der Waals surface area (Å²) in [5.41, 5.74) is -0.935. The van der Waals surface area contributed by atoms with E-state index in [1.807, 2.05) is 0 Å². The molecule has 1 aromatic heterocycles. The molecule has 1 amide bonds. The molecule has 0 saturated heterocycles. The highest BCUT2D eigenvalue weighted by atomic mass is 19.4. The molecule has 0 radical (unpaired) electrons. The van der Waals surface area contributed by atoms with Gasteiger partial charge < -0.3 is 10.1 Å². The molecule has 1 N–H and O–H groups in total. The van der Waals surface area contributed by atoms with Crippen LogP contribution in [-0.2, 0) is 11.0 Å². The van der Waals surface area contributed by atoms with Crippen LogP contribution in [0.3, 0.4) is 0 Å². The van der Waals surface area contributed by atoms with E-state index in [-0.39, 0.29) is 17.1 Å². The van der Waals surface area contributed by atoms with Gasteiger partial charge in [-0.05, 0) is 36.4 Å². The Morgan fingerprint density at radius 3 is 2.57 bits per heavy atom. The number of alkyl halides is 3. The number of aromatic nitrogens is 2. The van der Waals surface area contributed by atoms with Crippen molar-refractivity contribution in [2.24, 2.45) is 0 Å². The summed E-state index contributed by atoms with van der Waals surface area (Å²) in [4.78, 5) is 12.1. The first kappa shape index (κ1) is 19.3. The number of ether oxygens (including phenoxy) is 1. The van der Waals surface area contributed by atoms with Gasteiger partial charge in [-0.1, -0.05) is 0 Å². The van der Waals surface area contributed by atoms with Gasteiger partial charge in [-0.2, -0.15) is 18.3 Å². The van der Waals surface area contributed by atoms with Gasteiger partial charge in [-0.3, -0.25) is 4.79 Å². The molecule has 0 fully saturated rings. The predicted octanol–water partition coefficient (Wildman–Crippen LogP) is 4.19. The first-order chi connectivity index (χ1) is 13.2. The minimum absolute atomic E-state index is 0.160. The molecule has 146 valence electrons. The van der Waals surface area contributed by atoms with E-state index in [0.717, 1.165) is 30.3 Å². The second-order valence-corrected chi connectivity index (χ2v) is 5.59. The van der Waals surface area contributed by atoms with Crippen molar-refractivity contribution in [1.29, 1.82) is 0 Å². The predicted molar refractivity (Wildman–Crippen MR) is 89.0 cm³/mol. The van der Waals surface area contributed by atoms with Gasteiger partial charge in [0.15, 0.2) is 18.2 Å². The van der Waals surface area contributed by atoms with Gasteiger partial charge in [0.2, 0.25) is 0 Å². The highest BCUT2D eigenvalue weighted by molar-refractivity contribution is 5.94.